The van der Waals surface area contributed by atoms with Gasteiger partial charge in [0.25, 0.3) is 0 Å². The molecule has 154 valence electrons. The largest absolute Gasteiger partial charge is 0.365 e. The summed E-state index contributed by atoms with van der Waals surface area (Å²) in [7, 11) is 2.26. The SMILES string of the molecule is CN1CN(CN2Cc3ccccc3C2)CC2=C1CCN(CC#Cc1ccccc1)C2. The maximum Gasteiger partial charge on any atom is 0.0714 e. The Morgan fingerprint density at radius 3 is 2.27 bits per heavy atom. The second-order valence-electron chi connectivity index (χ2n) is 8.74. The predicted molar refractivity (Wildman–Crippen MR) is 121 cm³/mol. The topological polar surface area (TPSA) is 13.0 Å². The molecule has 0 aliphatic carbocycles. The van der Waals surface area contributed by atoms with Crippen molar-refractivity contribution in [2.24, 2.45) is 0 Å². The van der Waals surface area contributed by atoms with E-state index < -0.39 is 0 Å². The van der Waals surface area contributed by atoms with E-state index in [9.17, 15) is 0 Å². The number of hydrogen-bond acceptors (Lipinski definition) is 4. The van der Waals surface area contributed by atoms with E-state index in [0.717, 1.165) is 64.6 Å². The van der Waals surface area contributed by atoms with E-state index in [1.54, 1.807) is 11.3 Å². The fourth-order valence-corrected chi connectivity index (χ4v) is 4.98. The minimum absolute atomic E-state index is 0.844. The van der Waals surface area contributed by atoms with Gasteiger partial charge in [-0.3, -0.25) is 14.7 Å². The third-order valence-corrected chi connectivity index (χ3v) is 6.39. The molecule has 0 saturated carbocycles. The van der Waals surface area contributed by atoms with Crippen LogP contribution in [-0.4, -0.2) is 66.2 Å². The zero-order chi connectivity index (χ0) is 20.3. The number of rotatable bonds is 3. The molecule has 3 aliphatic heterocycles. The molecule has 4 heteroatoms. The number of benzene rings is 2. The Morgan fingerprint density at radius 2 is 1.50 bits per heavy atom. The highest BCUT2D eigenvalue weighted by Gasteiger charge is 2.29. The lowest BCUT2D eigenvalue weighted by Gasteiger charge is -2.43. The van der Waals surface area contributed by atoms with Gasteiger partial charge in [0.1, 0.15) is 0 Å². The summed E-state index contributed by atoms with van der Waals surface area (Å²) in [6.07, 6.45) is 1.14. The number of hydrogen-bond donors (Lipinski definition) is 0. The summed E-state index contributed by atoms with van der Waals surface area (Å²) in [5.41, 5.74) is 7.22. The van der Waals surface area contributed by atoms with Crippen LogP contribution in [0.25, 0.3) is 0 Å². The van der Waals surface area contributed by atoms with Crippen LogP contribution in [0.1, 0.15) is 23.1 Å². The fourth-order valence-electron chi connectivity index (χ4n) is 4.98. The normalized spacial score (nSPS) is 20.0. The van der Waals surface area contributed by atoms with Crippen molar-refractivity contribution >= 4 is 0 Å². The zero-order valence-corrected chi connectivity index (χ0v) is 17.8. The first-order valence-corrected chi connectivity index (χ1v) is 10.9. The minimum Gasteiger partial charge on any atom is -0.365 e. The van der Waals surface area contributed by atoms with E-state index in [1.807, 2.05) is 18.2 Å². The van der Waals surface area contributed by atoms with Gasteiger partial charge >= 0.3 is 0 Å². The molecule has 5 rings (SSSR count). The fraction of sp³-hybridized carbons (Fsp3) is 0.385. The number of fused-ring (bicyclic) bond motifs is 1. The van der Waals surface area contributed by atoms with E-state index in [2.05, 4.69) is 74.9 Å². The van der Waals surface area contributed by atoms with Crippen molar-refractivity contribution in [1.29, 1.82) is 0 Å². The lowest BCUT2D eigenvalue weighted by atomic mass is 10.0. The zero-order valence-electron chi connectivity index (χ0n) is 17.8. The molecule has 0 fully saturated rings. The average Bonchev–Trinajstić information content (AvgIpc) is 3.16. The monoisotopic (exact) mass is 398 g/mol. The van der Waals surface area contributed by atoms with Crippen LogP contribution in [0.4, 0.5) is 0 Å². The summed E-state index contributed by atoms with van der Waals surface area (Å²) >= 11 is 0. The van der Waals surface area contributed by atoms with Gasteiger partial charge in [-0.1, -0.05) is 54.3 Å². The molecule has 0 saturated heterocycles. The molecule has 0 radical (unpaired) electrons. The summed E-state index contributed by atoms with van der Waals surface area (Å²) < 4.78 is 0. The van der Waals surface area contributed by atoms with Crippen molar-refractivity contribution in [2.75, 3.05) is 46.6 Å². The molecule has 0 amide bonds. The van der Waals surface area contributed by atoms with Gasteiger partial charge in [-0.25, -0.2) is 0 Å². The molecule has 3 heterocycles. The minimum atomic E-state index is 0.844. The molecule has 0 N–H and O–H groups in total. The molecule has 0 bridgehead atoms. The number of nitrogens with zero attached hydrogens (tertiary/aromatic N) is 4. The Hall–Kier alpha value is -2.58. The predicted octanol–water partition coefficient (Wildman–Crippen LogP) is 3.18. The van der Waals surface area contributed by atoms with Gasteiger partial charge < -0.3 is 4.90 Å². The van der Waals surface area contributed by atoms with Gasteiger partial charge in [-0.15, -0.1) is 0 Å². The van der Waals surface area contributed by atoms with Crippen molar-refractivity contribution in [3.05, 3.63) is 82.6 Å². The highest BCUT2D eigenvalue weighted by Crippen LogP contribution is 2.27. The summed E-state index contributed by atoms with van der Waals surface area (Å²) in [4.78, 5) is 10.1. The standard InChI is InChI=1S/C26H30N4/c1-27-20-30(21-29-16-23-11-5-6-12-24(23)17-29)19-25-18-28(15-13-26(25)27)14-7-10-22-8-3-2-4-9-22/h2-6,8-9,11-12H,13-21H2,1H3. The van der Waals surface area contributed by atoms with Crippen LogP contribution in [0, 0.1) is 11.8 Å². The Labute approximate surface area is 180 Å². The molecule has 2 aromatic carbocycles. The van der Waals surface area contributed by atoms with Crippen LogP contribution in [-0.2, 0) is 13.1 Å². The van der Waals surface area contributed by atoms with Crippen LogP contribution >= 0.6 is 0 Å². The summed E-state index contributed by atoms with van der Waals surface area (Å²) in [6.45, 7) is 8.27. The van der Waals surface area contributed by atoms with E-state index in [-0.39, 0.29) is 0 Å². The first-order valence-electron chi connectivity index (χ1n) is 10.9. The lowest BCUT2D eigenvalue weighted by Crippen LogP contribution is -2.50. The van der Waals surface area contributed by atoms with E-state index >= 15 is 0 Å². The molecule has 4 nitrogen and oxygen atoms in total. The second kappa shape index (κ2) is 8.65. The molecule has 0 spiro atoms. The Morgan fingerprint density at radius 1 is 0.800 bits per heavy atom. The molecule has 0 unspecified atom stereocenters. The molecule has 30 heavy (non-hydrogen) atoms. The first kappa shape index (κ1) is 19.4. The van der Waals surface area contributed by atoms with Gasteiger partial charge in [0.15, 0.2) is 0 Å². The van der Waals surface area contributed by atoms with Crippen molar-refractivity contribution < 1.29 is 0 Å². The van der Waals surface area contributed by atoms with Crippen LogP contribution in [0.15, 0.2) is 65.9 Å². The van der Waals surface area contributed by atoms with E-state index in [1.165, 1.54) is 11.1 Å². The van der Waals surface area contributed by atoms with Gasteiger partial charge in [0, 0.05) is 57.5 Å². The highest BCUT2D eigenvalue weighted by atomic mass is 15.4. The second-order valence-corrected chi connectivity index (χ2v) is 8.74. The smallest absolute Gasteiger partial charge is 0.0714 e. The van der Waals surface area contributed by atoms with Gasteiger partial charge in [-0.05, 0) is 28.8 Å². The van der Waals surface area contributed by atoms with Crippen molar-refractivity contribution in [3.63, 3.8) is 0 Å². The average molecular weight is 399 g/mol. The van der Waals surface area contributed by atoms with Crippen molar-refractivity contribution in [1.82, 2.24) is 19.6 Å². The third-order valence-electron chi connectivity index (χ3n) is 6.39. The highest BCUT2D eigenvalue weighted by molar-refractivity contribution is 5.34. The molecule has 0 atom stereocenters. The van der Waals surface area contributed by atoms with Gasteiger partial charge in [-0.2, -0.15) is 0 Å². The molecule has 2 aromatic rings. The lowest BCUT2D eigenvalue weighted by molar-refractivity contribution is 0.0760. The third kappa shape index (κ3) is 4.29. The summed E-state index contributed by atoms with van der Waals surface area (Å²) in [5.74, 6) is 6.68. The van der Waals surface area contributed by atoms with E-state index in [0.29, 0.717) is 0 Å². The van der Waals surface area contributed by atoms with E-state index in [4.69, 9.17) is 0 Å². The van der Waals surface area contributed by atoms with Gasteiger partial charge in [0.05, 0.1) is 19.9 Å². The molecule has 0 aromatic heterocycles. The molecular weight excluding hydrogens is 368 g/mol. The maximum absolute atomic E-state index is 3.38. The summed E-state index contributed by atoms with van der Waals surface area (Å²) in [6, 6.07) is 19.2. The van der Waals surface area contributed by atoms with Crippen LogP contribution in [0.2, 0.25) is 0 Å². The van der Waals surface area contributed by atoms with Crippen molar-refractivity contribution in [2.45, 2.75) is 19.5 Å². The van der Waals surface area contributed by atoms with Crippen LogP contribution in [0.3, 0.4) is 0 Å². The quantitative estimate of drug-likeness (QED) is 0.736. The van der Waals surface area contributed by atoms with Gasteiger partial charge in [0.2, 0.25) is 0 Å². The Bertz CT molecular complexity index is 960. The van der Waals surface area contributed by atoms with Crippen LogP contribution < -0.4 is 0 Å². The Balaban J connectivity index is 1.19. The molecular formula is C26H30N4. The summed E-state index contributed by atoms with van der Waals surface area (Å²) in [5, 5.41) is 0. The molecule has 3 aliphatic rings. The van der Waals surface area contributed by atoms with Crippen molar-refractivity contribution in [3.8, 4) is 11.8 Å². The maximum atomic E-state index is 3.38. The van der Waals surface area contributed by atoms with Crippen LogP contribution in [0.5, 0.6) is 0 Å². The Kier molecular flexibility index (Phi) is 5.59. The first-order chi connectivity index (χ1) is 14.7.